The predicted molar refractivity (Wildman–Crippen MR) is 70.6 cm³/mol. The molecule has 0 aromatic heterocycles. The highest BCUT2D eigenvalue weighted by molar-refractivity contribution is 4.80. The topological polar surface area (TPSA) is 66.5 Å². The van der Waals surface area contributed by atoms with Gasteiger partial charge in [0.25, 0.3) is 0 Å². The minimum Gasteiger partial charge on any atom is -0.393 e. The molecule has 0 spiro atoms. The van der Waals surface area contributed by atoms with Gasteiger partial charge in [0.1, 0.15) is 0 Å². The highest BCUT2D eigenvalue weighted by Crippen LogP contribution is 2.28. The van der Waals surface area contributed by atoms with Crippen LogP contribution in [0.25, 0.3) is 0 Å². The highest BCUT2D eigenvalue weighted by Gasteiger charge is 2.24. The Hall–Kier alpha value is -0.120. The van der Waals surface area contributed by atoms with Crippen molar-refractivity contribution in [3.8, 4) is 0 Å². The fourth-order valence-corrected chi connectivity index (χ4v) is 2.66. The number of aliphatic hydroxyl groups is 2. The van der Waals surface area contributed by atoms with Crippen LogP contribution in [0, 0.1) is 11.8 Å². The predicted octanol–water partition coefficient (Wildman–Crippen LogP) is 2.05. The van der Waals surface area contributed by atoms with Crippen LogP contribution in [-0.4, -0.2) is 28.5 Å². The van der Waals surface area contributed by atoms with Crippen LogP contribution in [0.5, 0.6) is 0 Å². The summed E-state index contributed by atoms with van der Waals surface area (Å²) in [6, 6.07) is -0.175. The molecule has 0 aromatic rings. The number of aliphatic hydroxyl groups excluding tert-OH is 2. The van der Waals surface area contributed by atoms with E-state index in [4.69, 9.17) is 5.73 Å². The third-order valence-electron chi connectivity index (χ3n) is 4.08. The second-order valence-electron chi connectivity index (χ2n) is 6.02. The molecule has 3 atom stereocenters. The average molecular weight is 243 g/mol. The second-order valence-corrected chi connectivity index (χ2v) is 6.02. The van der Waals surface area contributed by atoms with Gasteiger partial charge in [0.05, 0.1) is 12.2 Å². The van der Waals surface area contributed by atoms with Gasteiger partial charge in [0.2, 0.25) is 0 Å². The first kappa shape index (κ1) is 14.9. The lowest BCUT2D eigenvalue weighted by Crippen LogP contribution is -2.39. The minimum atomic E-state index is -0.561. The first-order chi connectivity index (χ1) is 8.00. The molecule has 0 bridgehead atoms. The Bertz CT molecular complexity index is 202. The third kappa shape index (κ3) is 5.36. The fraction of sp³-hybridized carbons (Fsp3) is 1.00. The average Bonchev–Trinajstić information content (AvgIpc) is 2.29. The summed E-state index contributed by atoms with van der Waals surface area (Å²) in [6.45, 7) is 3.92. The lowest BCUT2D eigenvalue weighted by atomic mass is 9.83. The van der Waals surface area contributed by atoms with Gasteiger partial charge >= 0.3 is 0 Å². The van der Waals surface area contributed by atoms with Crippen molar-refractivity contribution in [2.45, 2.75) is 77.0 Å². The molecule has 0 amide bonds. The largest absolute Gasteiger partial charge is 0.393 e. The van der Waals surface area contributed by atoms with Crippen LogP contribution in [0.4, 0.5) is 0 Å². The molecule has 0 heterocycles. The van der Waals surface area contributed by atoms with E-state index in [0.717, 1.165) is 6.42 Å². The molecular weight excluding hydrogens is 214 g/mol. The van der Waals surface area contributed by atoms with Crippen LogP contribution >= 0.6 is 0 Å². The summed E-state index contributed by atoms with van der Waals surface area (Å²) in [7, 11) is 0. The van der Waals surface area contributed by atoms with Crippen molar-refractivity contribution in [2.24, 2.45) is 17.6 Å². The Morgan fingerprint density at radius 3 is 2.18 bits per heavy atom. The van der Waals surface area contributed by atoms with Gasteiger partial charge in [-0.3, -0.25) is 0 Å². The van der Waals surface area contributed by atoms with Crippen LogP contribution in [-0.2, 0) is 0 Å². The van der Waals surface area contributed by atoms with Gasteiger partial charge in [0.15, 0.2) is 0 Å². The maximum Gasteiger partial charge on any atom is 0.0715 e. The standard InChI is InChI=1S/C14H29NO2/c1-10(2)13(16)9-14(17)12(15)8-11-6-4-3-5-7-11/h10-14,16-17H,3-9,15H2,1-2H3/t12-,13-,14-/m0/s1. The molecule has 4 N–H and O–H groups in total. The molecule has 1 aliphatic carbocycles. The van der Waals surface area contributed by atoms with Gasteiger partial charge in [-0.1, -0.05) is 46.0 Å². The van der Waals surface area contributed by atoms with E-state index >= 15 is 0 Å². The number of hydrogen-bond donors (Lipinski definition) is 3. The normalized spacial score (nSPS) is 23.6. The van der Waals surface area contributed by atoms with E-state index in [1.807, 2.05) is 13.8 Å². The minimum absolute atomic E-state index is 0.175. The van der Waals surface area contributed by atoms with E-state index in [1.54, 1.807) is 0 Å². The van der Waals surface area contributed by atoms with Crippen molar-refractivity contribution < 1.29 is 10.2 Å². The third-order valence-corrected chi connectivity index (χ3v) is 4.08. The molecule has 1 aliphatic rings. The monoisotopic (exact) mass is 243 g/mol. The molecule has 0 aromatic carbocycles. The Labute approximate surface area is 105 Å². The smallest absolute Gasteiger partial charge is 0.0715 e. The van der Waals surface area contributed by atoms with Crippen LogP contribution in [0.3, 0.4) is 0 Å². The maximum atomic E-state index is 9.98. The quantitative estimate of drug-likeness (QED) is 0.669. The SMILES string of the molecule is CC(C)[C@@H](O)C[C@H](O)[C@@H](N)CC1CCCCC1. The Morgan fingerprint density at radius 1 is 1.06 bits per heavy atom. The zero-order valence-electron chi connectivity index (χ0n) is 11.3. The summed E-state index contributed by atoms with van der Waals surface area (Å²) in [5.41, 5.74) is 6.04. The van der Waals surface area contributed by atoms with Crippen molar-refractivity contribution >= 4 is 0 Å². The van der Waals surface area contributed by atoms with Crippen LogP contribution in [0.15, 0.2) is 0 Å². The molecule has 1 saturated carbocycles. The van der Waals surface area contributed by atoms with Crippen molar-refractivity contribution in [2.75, 3.05) is 0 Å². The van der Waals surface area contributed by atoms with Crippen molar-refractivity contribution in [1.82, 2.24) is 0 Å². The zero-order valence-corrected chi connectivity index (χ0v) is 11.3. The van der Waals surface area contributed by atoms with Gasteiger partial charge < -0.3 is 15.9 Å². The first-order valence-electron chi connectivity index (χ1n) is 7.12. The molecular formula is C14H29NO2. The van der Waals surface area contributed by atoms with E-state index in [-0.39, 0.29) is 12.0 Å². The summed E-state index contributed by atoms with van der Waals surface area (Å²) in [4.78, 5) is 0. The molecule has 3 heteroatoms. The van der Waals surface area contributed by atoms with Gasteiger partial charge in [0, 0.05) is 12.5 Å². The molecule has 1 rings (SSSR count). The molecule has 17 heavy (non-hydrogen) atoms. The lowest BCUT2D eigenvalue weighted by Gasteiger charge is -2.28. The van der Waals surface area contributed by atoms with E-state index < -0.39 is 12.2 Å². The summed E-state index contributed by atoms with van der Waals surface area (Å²) >= 11 is 0. The second kappa shape index (κ2) is 7.34. The molecule has 0 saturated heterocycles. The van der Waals surface area contributed by atoms with E-state index in [1.165, 1.54) is 32.1 Å². The van der Waals surface area contributed by atoms with Crippen LogP contribution < -0.4 is 5.73 Å². The number of nitrogens with two attached hydrogens (primary N) is 1. The lowest BCUT2D eigenvalue weighted by molar-refractivity contribution is 0.0367. The van der Waals surface area contributed by atoms with Gasteiger partial charge in [-0.25, -0.2) is 0 Å². The Kier molecular flexibility index (Phi) is 6.45. The number of hydrogen-bond acceptors (Lipinski definition) is 3. The van der Waals surface area contributed by atoms with Crippen molar-refractivity contribution in [3.05, 3.63) is 0 Å². The van der Waals surface area contributed by atoms with Gasteiger partial charge in [-0.05, 0) is 18.3 Å². The van der Waals surface area contributed by atoms with E-state index in [2.05, 4.69) is 0 Å². The van der Waals surface area contributed by atoms with Crippen LogP contribution in [0.2, 0.25) is 0 Å². The van der Waals surface area contributed by atoms with Gasteiger partial charge in [-0.15, -0.1) is 0 Å². The molecule has 0 unspecified atom stereocenters. The van der Waals surface area contributed by atoms with Crippen molar-refractivity contribution in [1.29, 1.82) is 0 Å². The zero-order chi connectivity index (χ0) is 12.8. The highest BCUT2D eigenvalue weighted by atomic mass is 16.3. The van der Waals surface area contributed by atoms with Gasteiger partial charge in [-0.2, -0.15) is 0 Å². The molecule has 102 valence electrons. The molecule has 0 aliphatic heterocycles. The maximum absolute atomic E-state index is 9.98. The van der Waals surface area contributed by atoms with E-state index in [0.29, 0.717) is 12.3 Å². The van der Waals surface area contributed by atoms with Crippen LogP contribution in [0.1, 0.15) is 58.8 Å². The summed E-state index contributed by atoms with van der Waals surface area (Å²) < 4.78 is 0. The summed E-state index contributed by atoms with van der Waals surface area (Å²) in [5, 5.41) is 19.7. The molecule has 3 nitrogen and oxygen atoms in total. The fourth-order valence-electron chi connectivity index (χ4n) is 2.66. The summed E-state index contributed by atoms with van der Waals surface area (Å²) in [5.74, 6) is 0.871. The Balaban J connectivity index is 2.27. The molecule has 1 fully saturated rings. The Morgan fingerprint density at radius 2 is 1.65 bits per heavy atom. The summed E-state index contributed by atoms with van der Waals surface area (Å²) in [6.07, 6.45) is 6.79. The van der Waals surface area contributed by atoms with E-state index in [9.17, 15) is 10.2 Å². The molecule has 0 radical (unpaired) electrons. The first-order valence-corrected chi connectivity index (χ1v) is 7.12. The number of rotatable bonds is 6. The van der Waals surface area contributed by atoms with Crippen molar-refractivity contribution in [3.63, 3.8) is 0 Å².